The number of nitrogens with two attached hydrogens (primary N) is 1. The summed E-state index contributed by atoms with van der Waals surface area (Å²) >= 11 is 0. The van der Waals surface area contributed by atoms with Crippen LogP contribution in [0.25, 0.3) is 11.0 Å². The molecular weight excluding hydrogens is 308 g/mol. The first kappa shape index (κ1) is 15.6. The second-order valence-corrected chi connectivity index (χ2v) is 5.36. The molecule has 3 rings (SSSR count). The molecule has 0 bridgehead atoms. The zero-order valence-electron chi connectivity index (χ0n) is 13.3. The average Bonchev–Trinajstić information content (AvgIpc) is 2.92. The summed E-state index contributed by atoms with van der Waals surface area (Å²) in [6.07, 6.45) is 0. The standard InChI is InChI=1S/C18H16N2O4/c1-10-6-7-13-14(8-10)24-16(17(19)21)15(13)20-18(22)11-4-3-5-12(9-11)23-2/h3-9H,1-2H3,(H2,19,21)(H,20,22). The number of methoxy groups -OCH3 is 1. The predicted octanol–water partition coefficient (Wildman–Crippen LogP) is 3.10. The molecule has 122 valence electrons. The van der Waals surface area contributed by atoms with Gasteiger partial charge in [0.2, 0.25) is 5.76 Å². The number of primary amides is 1. The Hall–Kier alpha value is -3.28. The molecule has 0 fully saturated rings. The van der Waals surface area contributed by atoms with Crippen LogP contribution >= 0.6 is 0 Å². The van der Waals surface area contributed by atoms with E-state index in [1.165, 1.54) is 7.11 Å². The van der Waals surface area contributed by atoms with Gasteiger partial charge in [0.1, 0.15) is 17.0 Å². The highest BCUT2D eigenvalue weighted by Crippen LogP contribution is 2.32. The molecule has 2 aromatic carbocycles. The molecule has 2 amide bonds. The molecule has 1 heterocycles. The molecule has 0 radical (unpaired) electrons. The van der Waals surface area contributed by atoms with Gasteiger partial charge in [0.25, 0.3) is 11.8 Å². The fraction of sp³-hybridized carbons (Fsp3) is 0.111. The SMILES string of the molecule is COc1cccc(C(=O)Nc2c(C(N)=O)oc3cc(C)ccc23)c1. The van der Waals surface area contributed by atoms with Gasteiger partial charge in [0, 0.05) is 10.9 Å². The number of hydrogen-bond donors (Lipinski definition) is 2. The molecular formula is C18H16N2O4. The number of fused-ring (bicyclic) bond motifs is 1. The molecule has 0 saturated heterocycles. The third-order valence-corrected chi connectivity index (χ3v) is 3.64. The van der Waals surface area contributed by atoms with Crippen molar-refractivity contribution in [1.82, 2.24) is 0 Å². The second-order valence-electron chi connectivity index (χ2n) is 5.36. The minimum atomic E-state index is -0.746. The molecule has 0 saturated carbocycles. The van der Waals surface area contributed by atoms with Gasteiger partial charge < -0.3 is 20.2 Å². The van der Waals surface area contributed by atoms with E-state index in [4.69, 9.17) is 14.9 Å². The Labute approximate surface area is 138 Å². The van der Waals surface area contributed by atoms with Crippen molar-refractivity contribution in [2.45, 2.75) is 6.92 Å². The summed E-state index contributed by atoms with van der Waals surface area (Å²) in [5.41, 5.74) is 7.50. The molecule has 24 heavy (non-hydrogen) atoms. The highest BCUT2D eigenvalue weighted by Gasteiger charge is 2.21. The van der Waals surface area contributed by atoms with Crippen LogP contribution in [0.3, 0.4) is 0 Å². The van der Waals surface area contributed by atoms with Crippen molar-refractivity contribution in [3.63, 3.8) is 0 Å². The summed E-state index contributed by atoms with van der Waals surface area (Å²) in [7, 11) is 1.52. The second kappa shape index (κ2) is 6.08. The molecule has 6 heteroatoms. The van der Waals surface area contributed by atoms with Crippen LogP contribution in [-0.4, -0.2) is 18.9 Å². The molecule has 3 N–H and O–H groups in total. The van der Waals surface area contributed by atoms with Crippen molar-refractivity contribution >= 4 is 28.5 Å². The van der Waals surface area contributed by atoms with E-state index in [1.807, 2.05) is 13.0 Å². The van der Waals surface area contributed by atoms with E-state index in [9.17, 15) is 9.59 Å². The van der Waals surface area contributed by atoms with E-state index < -0.39 is 5.91 Å². The number of benzene rings is 2. The Bertz CT molecular complexity index is 943. The maximum atomic E-state index is 12.5. The van der Waals surface area contributed by atoms with Gasteiger partial charge in [0.05, 0.1) is 7.11 Å². The summed E-state index contributed by atoms with van der Waals surface area (Å²) in [5.74, 6) is -0.651. The Morgan fingerprint density at radius 1 is 1.17 bits per heavy atom. The van der Waals surface area contributed by atoms with Gasteiger partial charge in [-0.15, -0.1) is 0 Å². The molecule has 0 aliphatic carbocycles. The lowest BCUT2D eigenvalue weighted by atomic mass is 10.1. The van der Waals surface area contributed by atoms with Gasteiger partial charge >= 0.3 is 0 Å². The summed E-state index contributed by atoms with van der Waals surface area (Å²) in [6, 6.07) is 12.1. The van der Waals surface area contributed by atoms with Crippen molar-refractivity contribution in [2.75, 3.05) is 12.4 Å². The quantitative estimate of drug-likeness (QED) is 0.771. The molecule has 6 nitrogen and oxygen atoms in total. The van der Waals surface area contributed by atoms with Crippen LogP contribution in [0.1, 0.15) is 26.5 Å². The molecule has 1 aromatic heterocycles. The normalized spacial score (nSPS) is 10.6. The number of amides is 2. The molecule has 0 aliphatic heterocycles. The maximum absolute atomic E-state index is 12.5. The topological polar surface area (TPSA) is 94.6 Å². The first-order valence-electron chi connectivity index (χ1n) is 7.28. The summed E-state index contributed by atoms with van der Waals surface area (Å²) < 4.78 is 10.6. The number of ether oxygens (including phenoxy) is 1. The largest absolute Gasteiger partial charge is 0.497 e. The lowest BCUT2D eigenvalue weighted by Crippen LogP contribution is -2.17. The van der Waals surface area contributed by atoms with Crippen molar-refractivity contribution in [3.05, 3.63) is 59.4 Å². The Morgan fingerprint density at radius 3 is 2.67 bits per heavy atom. The highest BCUT2D eigenvalue weighted by molar-refractivity contribution is 6.14. The predicted molar refractivity (Wildman–Crippen MR) is 90.4 cm³/mol. The van der Waals surface area contributed by atoms with Crippen molar-refractivity contribution < 1.29 is 18.7 Å². The zero-order valence-corrected chi connectivity index (χ0v) is 13.3. The lowest BCUT2D eigenvalue weighted by Gasteiger charge is -2.06. The van der Waals surface area contributed by atoms with Crippen LogP contribution < -0.4 is 15.8 Å². The van der Waals surface area contributed by atoms with Gasteiger partial charge in [-0.1, -0.05) is 12.1 Å². The Kier molecular flexibility index (Phi) is 3.95. The fourth-order valence-electron chi connectivity index (χ4n) is 2.45. The van der Waals surface area contributed by atoms with Crippen LogP contribution in [-0.2, 0) is 0 Å². The minimum Gasteiger partial charge on any atom is -0.497 e. The number of hydrogen-bond acceptors (Lipinski definition) is 4. The first-order chi connectivity index (χ1) is 11.5. The van der Waals surface area contributed by atoms with E-state index in [2.05, 4.69) is 5.32 Å². The van der Waals surface area contributed by atoms with E-state index >= 15 is 0 Å². The number of carbonyl (C=O) groups excluding carboxylic acids is 2. The Morgan fingerprint density at radius 2 is 1.96 bits per heavy atom. The zero-order chi connectivity index (χ0) is 17.3. The van der Waals surface area contributed by atoms with Crippen molar-refractivity contribution in [3.8, 4) is 5.75 Å². The fourth-order valence-corrected chi connectivity index (χ4v) is 2.45. The highest BCUT2D eigenvalue weighted by atomic mass is 16.5. The van der Waals surface area contributed by atoms with Gasteiger partial charge in [-0.3, -0.25) is 9.59 Å². The Balaban J connectivity index is 2.03. The van der Waals surface area contributed by atoms with Gasteiger partial charge in [-0.05, 0) is 42.8 Å². The number of nitrogens with one attached hydrogen (secondary N) is 1. The number of carbonyl (C=O) groups is 2. The van der Waals surface area contributed by atoms with Gasteiger partial charge in [-0.25, -0.2) is 0 Å². The van der Waals surface area contributed by atoms with Crippen molar-refractivity contribution in [1.29, 1.82) is 0 Å². The lowest BCUT2D eigenvalue weighted by molar-refractivity contribution is 0.0977. The minimum absolute atomic E-state index is 0.0770. The van der Waals surface area contributed by atoms with E-state index in [1.54, 1.807) is 36.4 Å². The third kappa shape index (κ3) is 2.81. The van der Waals surface area contributed by atoms with Crippen LogP contribution in [0, 0.1) is 6.92 Å². The molecule has 3 aromatic rings. The van der Waals surface area contributed by atoms with Crippen molar-refractivity contribution in [2.24, 2.45) is 5.73 Å². The molecule has 0 unspecified atom stereocenters. The van der Waals surface area contributed by atoms with Gasteiger partial charge in [0.15, 0.2) is 0 Å². The number of aryl methyl sites for hydroxylation is 1. The summed E-state index contributed by atoms with van der Waals surface area (Å²) in [4.78, 5) is 24.2. The molecule has 0 atom stereocenters. The maximum Gasteiger partial charge on any atom is 0.286 e. The average molecular weight is 324 g/mol. The van der Waals surface area contributed by atoms with Crippen LogP contribution in [0.5, 0.6) is 5.75 Å². The van der Waals surface area contributed by atoms with E-state index in [-0.39, 0.29) is 17.4 Å². The van der Waals surface area contributed by atoms with Gasteiger partial charge in [-0.2, -0.15) is 0 Å². The summed E-state index contributed by atoms with van der Waals surface area (Å²) in [6.45, 7) is 1.90. The van der Waals surface area contributed by atoms with Crippen LogP contribution in [0.15, 0.2) is 46.9 Å². The summed E-state index contributed by atoms with van der Waals surface area (Å²) in [5, 5.41) is 3.33. The van der Waals surface area contributed by atoms with Crippen LogP contribution in [0.2, 0.25) is 0 Å². The third-order valence-electron chi connectivity index (χ3n) is 3.64. The molecule has 0 spiro atoms. The van der Waals surface area contributed by atoms with E-state index in [0.717, 1.165) is 5.56 Å². The number of rotatable bonds is 4. The van der Waals surface area contributed by atoms with Crippen LogP contribution in [0.4, 0.5) is 5.69 Å². The smallest absolute Gasteiger partial charge is 0.286 e. The monoisotopic (exact) mass is 324 g/mol. The number of furan rings is 1. The first-order valence-corrected chi connectivity index (χ1v) is 7.28. The number of anilines is 1. The van der Waals surface area contributed by atoms with E-state index in [0.29, 0.717) is 22.3 Å². The molecule has 0 aliphatic rings.